The Morgan fingerprint density at radius 1 is 0.941 bits per heavy atom. The van der Waals surface area contributed by atoms with Gasteiger partial charge in [0, 0.05) is 5.56 Å². The van der Waals surface area contributed by atoms with Crippen molar-refractivity contribution in [1.82, 2.24) is 0 Å². The van der Waals surface area contributed by atoms with Crippen molar-refractivity contribution < 1.29 is 4.79 Å². The molecule has 0 aliphatic heterocycles. The summed E-state index contributed by atoms with van der Waals surface area (Å²) >= 11 is 0. The Kier molecular flexibility index (Phi) is 6.79. The standard InChI is InChI=1S/C14H20O.C2H6/c1-9(2)13-7-6-12(11(5)15)8-14(13)10(3)4;1-2/h6-10H,1-5H3;1-2H3. The van der Waals surface area contributed by atoms with Gasteiger partial charge in [0.1, 0.15) is 0 Å². The van der Waals surface area contributed by atoms with E-state index in [9.17, 15) is 4.79 Å². The Labute approximate surface area is 106 Å². The molecule has 1 aromatic carbocycles. The van der Waals surface area contributed by atoms with Crippen molar-refractivity contribution in [3.63, 3.8) is 0 Å². The van der Waals surface area contributed by atoms with Gasteiger partial charge in [-0.3, -0.25) is 4.79 Å². The monoisotopic (exact) mass is 234 g/mol. The van der Waals surface area contributed by atoms with Crippen molar-refractivity contribution >= 4 is 5.78 Å². The van der Waals surface area contributed by atoms with Gasteiger partial charge in [-0.05, 0) is 36.0 Å². The van der Waals surface area contributed by atoms with Crippen LogP contribution in [0.25, 0.3) is 0 Å². The zero-order valence-corrected chi connectivity index (χ0v) is 12.3. The molecule has 0 bridgehead atoms. The molecular formula is C16H26O. The molecule has 0 radical (unpaired) electrons. The van der Waals surface area contributed by atoms with Crippen LogP contribution in [0.15, 0.2) is 18.2 Å². The largest absolute Gasteiger partial charge is 0.295 e. The molecule has 1 heteroatoms. The number of carbonyl (C=O) groups is 1. The molecule has 0 heterocycles. The topological polar surface area (TPSA) is 17.1 Å². The van der Waals surface area contributed by atoms with E-state index in [0.29, 0.717) is 11.8 Å². The lowest BCUT2D eigenvalue weighted by atomic mass is 9.89. The molecule has 0 aliphatic carbocycles. The van der Waals surface area contributed by atoms with Gasteiger partial charge >= 0.3 is 0 Å². The van der Waals surface area contributed by atoms with Crippen LogP contribution in [-0.2, 0) is 0 Å². The van der Waals surface area contributed by atoms with Crippen LogP contribution in [0.3, 0.4) is 0 Å². The predicted octanol–water partition coefficient (Wildman–Crippen LogP) is 5.16. The molecule has 0 spiro atoms. The number of carbonyl (C=O) groups excluding carboxylic acids is 1. The van der Waals surface area contributed by atoms with E-state index in [1.165, 1.54) is 11.1 Å². The van der Waals surface area contributed by atoms with E-state index >= 15 is 0 Å². The van der Waals surface area contributed by atoms with Crippen LogP contribution < -0.4 is 0 Å². The second-order valence-corrected chi connectivity index (χ2v) is 4.71. The van der Waals surface area contributed by atoms with Crippen molar-refractivity contribution in [2.75, 3.05) is 0 Å². The highest BCUT2D eigenvalue weighted by atomic mass is 16.1. The molecule has 1 aromatic rings. The van der Waals surface area contributed by atoms with Crippen LogP contribution in [0.5, 0.6) is 0 Å². The van der Waals surface area contributed by atoms with Crippen LogP contribution >= 0.6 is 0 Å². The van der Waals surface area contributed by atoms with Gasteiger partial charge in [-0.1, -0.05) is 53.7 Å². The summed E-state index contributed by atoms with van der Waals surface area (Å²) in [5, 5.41) is 0. The van der Waals surface area contributed by atoms with Gasteiger partial charge in [-0.15, -0.1) is 0 Å². The molecule has 0 aliphatic rings. The summed E-state index contributed by atoms with van der Waals surface area (Å²) in [5.41, 5.74) is 3.48. The van der Waals surface area contributed by atoms with E-state index < -0.39 is 0 Å². The molecule has 0 saturated carbocycles. The number of Topliss-reactive ketones (excluding diaryl/α,β-unsaturated/α-hetero) is 1. The maximum Gasteiger partial charge on any atom is 0.159 e. The number of benzene rings is 1. The molecule has 96 valence electrons. The van der Waals surface area contributed by atoms with Crippen molar-refractivity contribution in [2.24, 2.45) is 0 Å². The third-order valence-electron chi connectivity index (χ3n) is 2.74. The van der Waals surface area contributed by atoms with Crippen molar-refractivity contribution in [3.05, 3.63) is 34.9 Å². The minimum Gasteiger partial charge on any atom is -0.295 e. The minimum atomic E-state index is 0.146. The molecule has 17 heavy (non-hydrogen) atoms. The van der Waals surface area contributed by atoms with E-state index in [4.69, 9.17) is 0 Å². The Morgan fingerprint density at radius 3 is 1.76 bits per heavy atom. The first-order valence-electron chi connectivity index (χ1n) is 6.58. The van der Waals surface area contributed by atoms with Gasteiger partial charge in [-0.2, -0.15) is 0 Å². The fraction of sp³-hybridized carbons (Fsp3) is 0.562. The number of ketones is 1. The Hall–Kier alpha value is -1.11. The lowest BCUT2D eigenvalue weighted by Crippen LogP contribution is -2.02. The average Bonchev–Trinajstić information content (AvgIpc) is 2.30. The molecule has 0 unspecified atom stereocenters. The van der Waals surface area contributed by atoms with Crippen LogP contribution in [-0.4, -0.2) is 5.78 Å². The summed E-state index contributed by atoms with van der Waals surface area (Å²) in [4.78, 5) is 11.3. The number of hydrogen-bond donors (Lipinski definition) is 0. The molecule has 0 amide bonds. The quantitative estimate of drug-likeness (QED) is 0.660. The van der Waals surface area contributed by atoms with Crippen LogP contribution in [0.4, 0.5) is 0 Å². The first-order valence-corrected chi connectivity index (χ1v) is 6.58. The summed E-state index contributed by atoms with van der Waals surface area (Å²) in [6, 6.07) is 6.07. The lowest BCUT2D eigenvalue weighted by molar-refractivity contribution is 0.101. The highest BCUT2D eigenvalue weighted by Crippen LogP contribution is 2.27. The lowest BCUT2D eigenvalue weighted by Gasteiger charge is -2.16. The van der Waals surface area contributed by atoms with E-state index in [1.807, 2.05) is 26.0 Å². The molecule has 0 atom stereocenters. The van der Waals surface area contributed by atoms with Gasteiger partial charge in [0.15, 0.2) is 5.78 Å². The molecule has 0 N–H and O–H groups in total. The fourth-order valence-electron chi connectivity index (χ4n) is 1.82. The van der Waals surface area contributed by atoms with Crippen LogP contribution in [0.2, 0.25) is 0 Å². The van der Waals surface area contributed by atoms with E-state index in [-0.39, 0.29) is 5.78 Å². The Morgan fingerprint density at radius 2 is 1.41 bits per heavy atom. The SMILES string of the molecule is CC.CC(=O)c1ccc(C(C)C)c(C(C)C)c1. The second-order valence-electron chi connectivity index (χ2n) is 4.71. The Balaban J connectivity index is 0.00000121. The summed E-state index contributed by atoms with van der Waals surface area (Å²) in [6.45, 7) is 14.3. The summed E-state index contributed by atoms with van der Waals surface area (Å²) in [5.74, 6) is 1.14. The van der Waals surface area contributed by atoms with Gasteiger partial charge in [0.2, 0.25) is 0 Å². The molecule has 0 saturated heterocycles. The molecule has 1 rings (SSSR count). The summed E-state index contributed by atoms with van der Waals surface area (Å²) in [6.07, 6.45) is 0. The zero-order chi connectivity index (χ0) is 13.6. The smallest absolute Gasteiger partial charge is 0.159 e. The maximum absolute atomic E-state index is 11.3. The average molecular weight is 234 g/mol. The highest BCUT2D eigenvalue weighted by Gasteiger charge is 2.11. The van der Waals surface area contributed by atoms with E-state index in [2.05, 4.69) is 33.8 Å². The van der Waals surface area contributed by atoms with Crippen molar-refractivity contribution in [3.8, 4) is 0 Å². The van der Waals surface area contributed by atoms with Gasteiger partial charge in [0.05, 0.1) is 0 Å². The van der Waals surface area contributed by atoms with Crippen molar-refractivity contribution in [2.45, 2.75) is 60.3 Å². The van der Waals surface area contributed by atoms with Crippen LogP contribution in [0.1, 0.15) is 81.8 Å². The molecular weight excluding hydrogens is 208 g/mol. The molecule has 1 nitrogen and oxygen atoms in total. The van der Waals surface area contributed by atoms with Gasteiger partial charge in [0.25, 0.3) is 0 Å². The number of rotatable bonds is 3. The normalized spacial score (nSPS) is 10.2. The maximum atomic E-state index is 11.3. The summed E-state index contributed by atoms with van der Waals surface area (Å²) in [7, 11) is 0. The predicted molar refractivity (Wildman–Crippen MR) is 76.0 cm³/mol. The first-order chi connectivity index (χ1) is 7.93. The number of hydrogen-bond acceptors (Lipinski definition) is 1. The highest BCUT2D eigenvalue weighted by molar-refractivity contribution is 5.94. The van der Waals surface area contributed by atoms with Crippen LogP contribution in [0, 0.1) is 0 Å². The van der Waals surface area contributed by atoms with Gasteiger partial charge in [-0.25, -0.2) is 0 Å². The van der Waals surface area contributed by atoms with Gasteiger partial charge < -0.3 is 0 Å². The van der Waals surface area contributed by atoms with E-state index in [0.717, 1.165) is 5.56 Å². The molecule has 0 fully saturated rings. The third-order valence-corrected chi connectivity index (χ3v) is 2.74. The Bertz CT molecular complexity index is 362. The third kappa shape index (κ3) is 4.33. The summed E-state index contributed by atoms with van der Waals surface area (Å²) < 4.78 is 0. The second kappa shape index (κ2) is 7.26. The van der Waals surface area contributed by atoms with E-state index in [1.54, 1.807) is 6.92 Å². The van der Waals surface area contributed by atoms with Crippen molar-refractivity contribution in [1.29, 1.82) is 0 Å². The zero-order valence-electron chi connectivity index (χ0n) is 12.3. The first kappa shape index (κ1) is 15.9. The minimum absolute atomic E-state index is 0.146. The molecule has 0 aromatic heterocycles. The fourth-order valence-corrected chi connectivity index (χ4v) is 1.82.